The van der Waals surface area contributed by atoms with Crippen molar-refractivity contribution in [3.63, 3.8) is 0 Å². The maximum absolute atomic E-state index is 12.6. The average Bonchev–Trinajstić information content (AvgIpc) is 3.37. The van der Waals surface area contributed by atoms with E-state index in [9.17, 15) is 14.4 Å². The minimum atomic E-state index is -0.290. The Morgan fingerprint density at radius 2 is 2.17 bits per heavy atom. The summed E-state index contributed by atoms with van der Waals surface area (Å²) >= 11 is 1.42. The van der Waals surface area contributed by atoms with Gasteiger partial charge in [0, 0.05) is 25.5 Å². The Labute approximate surface area is 179 Å². The number of hydrogen-bond acceptors (Lipinski definition) is 7. The number of carbonyl (C=O) groups excluding carboxylic acids is 3. The highest BCUT2D eigenvalue weighted by atomic mass is 32.1. The molecule has 1 aliphatic heterocycles. The first-order chi connectivity index (χ1) is 14.4. The third kappa shape index (κ3) is 5.47. The monoisotopic (exact) mass is 433 g/mol. The van der Waals surface area contributed by atoms with Crippen LogP contribution in [0.25, 0.3) is 10.8 Å². The quantitative estimate of drug-likeness (QED) is 0.623. The maximum Gasteiger partial charge on any atom is 0.310 e. The predicted molar refractivity (Wildman–Crippen MR) is 112 cm³/mol. The molecule has 1 fully saturated rings. The van der Waals surface area contributed by atoms with Crippen LogP contribution in [-0.2, 0) is 25.5 Å². The summed E-state index contributed by atoms with van der Waals surface area (Å²) in [5.41, 5.74) is 0.647. The van der Waals surface area contributed by atoms with Crippen molar-refractivity contribution in [1.29, 1.82) is 0 Å². The van der Waals surface area contributed by atoms with Gasteiger partial charge >= 0.3 is 5.97 Å². The Balaban J connectivity index is 1.52. The fraction of sp³-hybridized carbons (Fsp3) is 0.524. The Bertz CT molecular complexity index is 906. The van der Waals surface area contributed by atoms with Crippen LogP contribution in [0.5, 0.6) is 0 Å². The lowest BCUT2D eigenvalue weighted by molar-refractivity contribution is -0.152. The van der Waals surface area contributed by atoms with E-state index in [1.54, 1.807) is 18.9 Å². The molecular formula is C21H27N3O5S. The van der Waals surface area contributed by atoms with Crippen LogP contribution in [0.4, 0.5) is 0 Å². The zero-order valence-corrected chi connectivity index (χ0v) is 18.4. The van der Waals surface area contributed by atoms with E-state index in [1.807, 2.05) is 24.4 Å². The lowest BCUT2D eigenvalue weighted by Gasteiger charge is -2.32. The van der Waals surface area contributed by atoms with Crippen LogP contribution >= 0.6 is 11.3 Å². The molecule has 2 amide bonds. The molecule has 0 radical (unpaired) electrons. The summed E-state index contributed by atoms with van der Waals surface area (Å²) in [6.45, 7) is 4.88. The first kappa shape index (κ1) is 22.0. The molecule has 0 N–H and O–H groups in total. The number of likely N-dealkylation sites (N-methyl/N-ethyl adjacent to an activating group) is 1. The summed E-state index contributed by atoms with van der Waals surface area (Å²) < 4.78 is 10.6. The molecule has 2 aromatic heterocycles. The summed E-state index contributed by atoms with van der Waals surface area (Å²) in [4.78, 5) is 44.7. The van der Waals surface area contributed by atoms with E-state index >= 15 is 0 Å². The minimum absolute atomic E-state index is 0.0250. The van der Waals surface area contributed by atoms with Gasteiger partial charge in [0.1, 0.15) is 5.76 Å². The van der Waals surface area contributed by atoms with E-state index in [0.29, 0.717) is 31.2 Å². The second kappa shape index (κ2) is 9.88. The molecule has 0 spiro atoms. The predicted octanol–water partition coefficient (Wildman–Crippen LogP) is 2.51. The molecule has 2 aromatic rings. The lowest BCUT2D eigenvalue weighted by atomic mass is 9.98. The number of nitrogens with zero attached hydrogens (tertiary/aromatic N) is 3. The van der Waals surface area contributed by atoms with Crippen molar-refractivity contribution in [3.05, 3.63) is 29.0 Å². The standard InChI is InChI=1S/C21H27N3O5S/c1-4-28-21(27)15-6-5-9-24(11-15)19(26)12-23(3)18(25)10-16-13-30-20(22-16)17-8-7-14(2)29-17/h7-8,13,15H,4-6,9-12H2,1-3H3. The molecule has 9 heteroatoms. The molecule has 0 aliphatic carbocycles. The van der Waals surface area contributed by atoms with Crippen LogP contribution in [-0.4, -0.2) is 65.9 Å². The van der Waals surface area contributed by atoms with Crippen molar-refractivity contribution in [1.82, 2.24) is 14.8 Å². The molecule has 3 heterocycles. The number of carbonyl (C=O) groups is 3. The Morgan fingerprint density at radius 3 is 2.87 bits per heavy atom. The highest BCUT2D eigenvalue weighted by molar-refractivity contribution is 7.13. The van der Waals surface area contributed by atoms with Crippen molar-refractivity contribution in [2.75, 3.05) is 33.3 Å². The molecule has 1 saturated heterocycles. The summed E-state index contributed by atoms with van der Waals surface area (Å²) in [6.07, 6.45) is 1.59. The number of likely N-dealkylation sites (tertiary alicyclic amines) is 1. The molecule has 0 aromatic carbocycles. The third-order valence-electron chi connectivity index (χ3n) is 5.03. The number of furan rings is 1. The maximum atomic E-state index is 12.6. The van der Waals surface area contributed by atoms with Gasteiger partial charge in [-0.25, -0.2) is 4.98 Å². The molecule has 3 rings (SSSR count). The largest absolute Gasteiger partial charge is 0.466 e. The summed E-state index contributed by atoms with van der Waals surface area (Å²) in [7, 11) is 1.61. The van der Waals surface area contributed by atoms with E-state index in [1.165, 1.54) is 16.2 Å². The van der Waals surface area contributed by atoms with Crippen LogP contribution in [0.1, 0.15) is 31.2 Å². The van der Waals surface area contributed by atoms with E-state index in [4.69, 9.17) is 9.15 Å². The van der Waals surface area contributed by atoms with Gasteiger partial charge in [0.15, 0.2) is 10.8 Å². The number of aryl methyl sites for hydroxylation is 1. The van der Waals surface area contributed by atoms with Crippen LogP contribution in [0.3, 0.4) is 0 Å². The normalized spacial score (nSPS) is 16.4. The second-order valence-corrected chi connectivity index (χ2v) is 8.27. The number of hydrogen-bond donors (Lipinski definition) is 0. The van der Waals surface area contributed by atoms with Gasteiger partial charge in [-0.15, -0.1) is 11.3 Å². The van der Waals surface area contributed by atoms with Gasteiger partial charge in [-0.05, 0) is 38.8 Å². The second-order valence-electron chi connectivity index (χ2n) is 7.41. The Hall–Kier alpha value is -2.68. The lowest BCUT2D eigenvalue weighted by Crippen LogP contribution is -2.47. The molecule has 0 bridgehead atoms. The Morgan fingerprint density at radius 1 is 1.37 bits per heavy atom. The summed E-state index contributed by atoms with van der Waals surface area (Å²) in [6, 6.07) is 3.72. The average molecular weight is 434 g/mol. The molecular weight excluding hydrogens is 406 g/mol. The van der Waals surface area contributed by atoms with Gasteiger partial charge in [-0.3, -0.25) is 14.4 Å². The third-order valence-corrected chi connectivity index (χ3v) is 5.93. The molecule has 30 heavy (non-hydrogen) atoms. The first-order valence-corrected chi connectivity index (χ1v) is 10.9. The van der Waals surface area contributed by atoms with Gasteiger partial charge in [0.2, 0.25) is 11.8 Å². The highest BCUT2D eigenvalue weighted by Crippen LogP contribution is 2.26. The van der Waals surface area contributed by atoms with Crippen LogP contribution in [0.2, 0.25) is 0 Å². The van der Waals surface area contributed by atoms with Gasteiger partial charge in [-0.2, -0.15) is 0 Å². The topological polar surface area (TPSA) is 93.0 Å². The van der Waals surface area contributed by atoms with Gasteiger partial charge in [0.05, 0.1) is 31.2 Å². The van der Waals surface area contributed by atoms with Crippen molar-refractivity contribution in [2.45, 2.75) is 33.1 Å². The smallest absolute Gasteiger partial charge is 0.310 e. The van der Waals surface area contributed by atoms with E-state index < -0.39 is 0 Å². The van der Waals surface area contributed by atoms with Gasteiger partial charge in [0.25, 0.3) is 0 Å². The number of aromatic nitrogens is 1. The molecule has 162 valence electrons. The van der Waals surface area contributed by atoms with E-state index in [0.717, 1.165) is 23.6 Å². The van der Waals surface area contributed by atoms with E-state index in [-0.39, 0.29) is 36.7 Å². The van der Waals surface area contributed by atoms with Gasteiger partial charge < -0.3 is 19.0 Å². The zero-order chi connectivity index (χ0) is 21.7. The van der Waals surface area contributed by atoms with Crippen molar-refractivity contribution < 1.29 is 23.5 Å². The molecule has 1 aliphatic rings. The van der Waals surface area contributed by atoms with Crippen molar-refractivity contribution >= 4 is 29.1 Å². The Kier molecular flexibility index (Phi) is 7.25. The zero-order valence-electron chi connectivity index (χ0n) is 17.6. The van der Waals surface area contributed by atoms with Crippen LogP contribution < -0.4 is 0 Å². The molecule has 0 saturated carbocycles. The molecule has 8 nitrogen and oxygen atoms in total. The molecule has 1 unspecified atom stereocenters. The van der Waals surface area contributed by atoms with E-state index in [2.05, 4.69) is 4.98 Å². The first-order valence-electron chi connectivity index (χ1n) is 10.1. The number of esters is 1. The number of piperidine rings is 1. The number of rotatable bonds is 7. The van der Waals surface area contributed by atoms with Crippen LogP contribution in [0.15, 0.2) is 21.9 Å². The SMILES string of the molecule is CCOC(=O)C1CCCN(C(=O)CN(C)C(=O)Cc2csc(-c3ccc(C)o3)n2)C1. The van der Waals surface area contributed by atoms with Crippen molar-refractivity contribution in [2.24, 2.45) is 5.92 Å². The number of amides is 2. The number of thiazole rings is 1. The highest BCUT2D eigenvalue weighted by Gasteiger charge is 2.30. The van der Waals surface area contributed by atoms with Crippen molar-refractivity contribution in [3.8, 4) is 10.8 Å². The van der Waals surface area contributed by atoms with Crippen LogP contribution in [0, 0.1) is 12.8 Å². The molecule has 1 atom stereocenters. The number of ether oxygens (including phenoxy) is 1. The fourth-order valence-corrected chi connectivity index (χ4v) is 4.17. The minimum Gasteiger partial charge on any atom is -0.466 e. The summed E-state index contributed by atoms with van der Waals surface area (Å²) in [5, 5.41) is 2.55. The fourth-order valence-electron chi connectivity index (χ4n) is 3.39. The van der Waals surface area contributed by atoms with Gasteiger partial charge in [-0.1, -0.05) is 0 Å². The summed E-state index contributed by atoms with van der Waals surface area (Å²) in [5.74, 6) is 0.590.